The Morgan fingerprint density at radius 3 is 2.85 bits per heavy atom. The number of carbonyl (C=O) groups is 1. The molecule has 5 rings (SSSR count). The highest BCUT2D eigenvalue weighted by Crippen LogP contribution is 2.32. The fraction of sp³-hybridized carbons (Fsp3) is 0.360. The Balaban J connectivity index is 1.39. The average Bonchev–Trinajstić information content (AvgIpc) is 2.89. The van der Waals surface area contributed by atoms with Gasteiger partial charge in [0.1, 0.15) is 17.5 Å². The summed E-state index contributed by atoms with van der Waals surface area (Å²) >= 11 is 0. The van der Waals surface area contributed by atoms with Crippen LogP contribution in [-0.4, -0.2) is 59.7 Å². The number of benzene rings is 1. The van der Waals surface area contributed by atoms with Gasteiger partial charge in [0, 0.05) is 55.3 Å². The minimum Gasteiger partial charge on any atom is -0.489 e. The maximum absolute atomic E-state index is 13.3. The second-order valence-electron chi connectivity index (χ2n) is 8.53. The van der Waals surface area contributed by atoms with Crippen molar-refractivity contribution in [2.24, 2.45) is 5.73 Å². The molecule has 1 fully saturated rings. The van der Waals surface area contributed by atoms with Gasteiger partial charge >= 0.3 is 0 Å². The lowest BCUT2D eigenvalue weighted by Gasteiger charge is -2.30. The minimum absolute atomic E-state index is 0.0497. The summed E-state index contributed by atoms with van der Waals surface area (Å²) < 4.78 is 11.4. The van der Waals surface area contributed by atoms with Crippen LogP contribution in [0.1, 0.15) is 28.0 Å². The van der Waals surface area contributed by atoms with Gasteiger partial charge in [-0.15, -0.1) is 0 Å². The summed E-state index contributed by atoms with van der Waals surface area (Å²) in [4.78, 5) is 28.6. The first kappa shape index (κ1) is 22.2. The molecule has 1 saturated heterocycles. The molecule has 2 aliphatic heterocycles. The first-order valence-corrected chi connectivity index (χ1v) is 11.5. The highest BCUT2D eigenvalue weighted by Gasteiger charge is 2.22. The largest absolute Gasteiger partial charge is 0.489 e. The summed E-state index contributed by atoms with van der Waals surface area (Å²) in [6, 6.07) is 7.82. The third-order valence-electron chi connectivity index (χ3n) is 6.29. The molecule has 4 N–H and O–H groups in total. The molecular weight excluding hydrogens is 432 g/mol. The highest BCUT2D eigenvalue weighted by molar-refractivity contribution is 6.00. The van der Waals surface area contributed by atoms with Crippen molar-refractivity contribution in [3.63, 3.8) is 0 Å². The average molecular weight is 461 g/mol. The van der Waals surface area contributed by atoms with E-state index < -0.39 is 0 Å². The number of nitrogens with two attached hydrogens (primary N) is 2. The number of nitrogen functional groups attached to an aromatic ring is 1. The maximum Gasteiger partial charge on any atom is 0.189 e. The molecule has 1 unspecified atom stereocenters. The predicted molar refractivity (Wildman–Crippen MR) is 129 cm³/mol. The SMILES string of the molecule is NCC1CCc2cc(-c3cnc(N)c(C(=O)Cc4cnccc4N4CCOCC4)n3)ccc2O1. The number of ether oxygens (including phenoxy) is 2. The molecule has 176 valence electrons. The van der Waals surface area contributed by atoms with Crippen LogP contribution < -0.4 is 21.1 Å². The number of hydrogen-bond donors (Lipinski definition) is 2. The van der Waals surface area contributed by atoms with Crippen LogP contribution in [0, 0.1) is 0 Å². The van der Waals surface area contributed by atoms with Crippen molar-refractivity contribution in [1.29, 1.82) is 0 Å². The number of anilines is 2. The van der Waals surface area contributed by atoms with Gasteiger partial charge in [-0.3, -0.25) is 9.78 Å². The summed E-state index contributed by atoms with van der Waals surface area (Å²) in [5, 5.41) is 0. The van der Waals surface area contributed by atoms with E-state index in [1.165, 1.54) is 0 Å². The topological polar surface area (TPSA) is 129 Å². The molecule has 34 heavy (non-hydrogen) atoms. The first-order valence-electron chi connectivity index (χ1n) is 11.5. The van der Waals surface area contributed by atoms with Gasteiger partial charge in [0.2, 0.25) is 0 Å². The van der Waals surface area contributed by atoms with Crippen molar-refractivity contribution in [2.75, 3.05) is 43.5 Å². The molecule has 0 amide bonds. The summed E-state index contributed by atoms with van der Waals surface area (Å²) in [5.74, 6) is 0.774. The number of hydrogen-bond acceptors (Lipinski definition) is 9. The van der Waals surface area contributed by atoms with E-state index in [0.29, 0.717) is 25.5 Å². The molecule has 1 atom stereocenters. The maximum atomic E-state index is 13.3. The number of pyridine rings is 1. The molecule has 2 aliphatic rings. The Hall–Kier alpha value is -3.56. The molecule has 0 radical (unpaired) electrons. The normalized spacial score (nSPS) is 17.7. The van der Waals surface area contributed by atoms with Crippen LogP contribution in [0.25, 0.3) is 11.3 Å². The molecule has 0 saturated carbocycles. The molecule has 1 aromatic carbocycles. The van der Waals surface area contributed by atoms with Crippen molar-refractivity contribution in [3.8, 4) is 17.0 Å². The standard InChI is InChI=1S/C25H28N6O3/c26-13-19-3-1-17-11-16(2-4-23(17)34-19)20-15-29-25(27)24(30-20)22(32)12-18-14-28-6-5-21(18)31-7-9-33-10-8-31/h2,4-6,11,14-15,19H,1,3,7-10,12-13,26H2,(H2,27,29). The van der Waals surface area contributed by atoms with Crippen LogP contribution in [0.2, 0.25) is 0 Å². The van der Waals surface area contributed by atoms with Gasteiger partial charge in [-0.05, 0) is 42.7 Å². The highest BCUT2D eigenvalue weighted by atomic mass is 16.5. The summed E-state index contributed by atoms with van der Waals surface area (Å²) in [6.07, 6.45) is 7.02. The molecule has 9 heteroatoms. The number of rotatable bonds is 6. The second kappa shape index (κ2) is 9.74. The van der Waals surface area contributed by atoms with Crippen LogP contribution >= 0.6 is 0 Å². The number of ketones is 1. The zero-order valence-electron chi connectivity index (χ0n) is 18.9. The van der Waals surface area contributed by atoms with Crippen LogP contribution in [0.3, 0.4) is 0 Å². The lowest BCUT2D eigenvalue weighted by molar-refractivity contribution is 0.0988. The van der Waals surface area contributed by atoms with Crippen LogP contribution in [0.5, 0.6) is 5.75 Å². The number of morpholine rings is 1. The van der Waals surface area contributed by atoms with E-state index in [4.69, 9.17) is 20.9 Å². The minimum atomic E-state index is -0.193. The van der Waals surface area contributed by atoms with Gasteiger partial charge in [-0.2, -0.15) is 0 Å². The van der Waals surface area contributed by atoms with E-state index in [1.54, 1.807) is 18.6 Å². The molecule has 0 bridgehead atoms. The van der Waals surface area contributed by atoms with Crippen molar-refractivity contribution >= 4 is 17.3 Å². The van der Waals surface area contributed by atoms with E-state index in [9.17, 15) is 4.79 Å². The lowest BCUT2D eigenvalue weighted by atomic mass is 9.99. The molecule has 2 aromatic heterocycles. The fourth-order valence-corrected chi connectivity index (χ4v) is 4.44. The van der Waals surface area contributed by atoms with Crippen molar-refractivity contribution in [2.45, 2.75) is 25.4 Å². The van der Waals surface area contributed by atoms with Gasteiger partial charge in [0.05, 0.1) is 25.1 Å². The number of aromatic nitrogens is 3. The van der Waals surface area contributed by atoms with Crippen molar-refractivity contribution < 1.29 is 14.3 Å². The van der Waals surface area contributed by atoms with E-state index in [-0.39, 0.29) is 29.8 Å². The Kier molecular flexibility index (Phi) is 6.37. The molecular formula is C25H28N6O3. The zero-order chi connectivity index (χ0) is 23.5. The first-order chi connectivity index (χ1) is 16.6. The lowest BCUT2D eigenvalue weighted by Crippen LogP contribution is -2.37. The molecule has 0 aliphatic carbocycles. The van der Waals surface area contributed by atoms with E-state index in [0.717, 1.165) is 54.1 Å². The fourth-order valence-electron chi connectivity index (χ4n) is 4.44. The molecule has 3 aromatic rings. The van der Waals surface area contributed by atoms with Crippen molar-refractivity contribution in [3.05, 3.63) is 59.7 Å². The predicted octanol–water partition coefficient (Wildman–Crippen LogP) is 2.04. The monoisotopic (exact) mass is 460 g/mol. The summed E-state index contributed by atoms with van der Waals surface area (Å²) in [7, 11) is 0. The van der Waals surface area contributed by atoms with E-state index >= 15 is 0 Å². The van der Waals surface area contributed by atoms with Crippen LogP contribution in [0.15, 0.2) is 42.9 Å². The van der Waals surface area contributed by atoms with Gasteiger partial charge in [-0.1, -0.05) is 0 Å². The summed E-state index contributed by atoms with van der Waals surface area (Å²) in [6.45, 7) is 3.37. The quantitative estimate of drug-likeness (QED) is 0.531. The third-order valence-corrected chi connectivity index (χ3v) is 6.29. The number of Topliss-reactive ketones (excluding diaryl/α,β-unsaturated/α-hetero) is 1. The molecule has 9 nitrogen and oxygen atoms in total. The number of carbonyl (C=O) groups excluding carboxylic acids is 1. The Bertz CT molecular complexity index is 1200. The number of nitrogens with zero attached hydrogens (tertiary/aromatic N) is 4. The Labute approximate surface area is 198 Å². The summed E-state index contributed by atoms with van der Waals surface area (Å²) in [5.41, 5.74) is 16.4. The molecule has 4 heterocycles. The van der Waals surface area contributed by atoms with Crippen LogP contribution in [0.4, 0.5) is 11.5 Å². The van der Waals surface area contributed by atoms with Gasteiger partial charge in [0.15, 0.2) is 11.6 Å². The van der Waals surface area contributed by atoms with Gasteiger partial charge < -0.3 is 25.8 Å². The van der Waals surface area contributed by atoms with E-state index in [1.807, 2.05) is 24.3 Å². The molecule has 0 spiro atoms. The second-order valence-corrected chi connectivity index (χ2v) is 8.53. The number of fused-ring (bicyclic) bond motifs is 1. The van der Waals surface area contributed by atoms with Crippen molar-refractivity contribution in [1.82, 2.24) is 15.0 Å². The Morgan fingerprint density at radius 1 is 1.18 bits per heavy atom. The van der Waals surface area contributed by atoms with Gasteiger partial charge in [-0.25, -0.2) is 9.97 Å². The smallest absolute Gasteiger partial charge is 0.189 e. The number of aryl methyl sites for hydroxylation is 1. The van der Waals surface area contributed by atoms with E-state index in [2.05, 4.69) is 19.9 Å². The Morgan fingerprint density at radius 2 is 2.03 bits per heavy atom. The van der Waals surface area contributed by atoms with Crippen LogP contribution in [-0.2, 0) is 17.6 Å². The third kappa shape index (κ3) is 4.57. The van der Waals surface area contributed by atoms with Gasteiger partial charge in [0.25, 0.3) is 0 Å². The zero-order valence-corrected chi connectivity index (χ0v) is 18.9.